The highest BCUT2D eigenvalue weighted by Gasteiger charge is 2.15. The molecule has 1 aliphatic carbocycles. The summed E-state index contributed by atoms with van der Waals surface area (Å²) in [6, 6.07) is 2.09. The SMILES string of the molecule is OCCC#Cc1csc(COC2CCCC2)c1. The number of hydrogen-bond acceptors (Lipinski definition) is 3. The van der Waals surface area contributed by atoms with E-state index in [0.717, 1.165) is 12.2 Å². The van der Waals surface area contributed by atoms with E-state index in [1.807, 2.05) is 0 Å². The van der Waals surface area contributed by atoms with Crippen molar-refractivity contribution in [1.82, 2.24) is 0 Å². The first kappa shape index (κ1) is 12.6. The van der Waals surface area contributed by atoms with Crippen molar-refractivity contribution >= 4 is 11.3 Å². The lowest BCUT2D eigenvalue weighted by molar-refractivity contribution is 0.0473. The van der Waals surface area contributed by atoms with Crippen LogP contribution < -0.4 is 0 Å². The van der Waals surface area contributed by atoms with E-state index in [1.165, 1.54) is 30.6 Å². The van der Waals surface area contributed by atoms with Crippen molar-refractivity contribution in [2.24, 2.45) is 0 Å². The predicted octanol–water partition coefficient (Wildman–Crippen LogP) is 2.94. The summed E-state index contributed by atoms with van der Waals surface area (Å²) in [7, 11) is 0. The number of thiophene rings is 1. The van der Waals surface area contributed by atoms with Crippen LogP contribution >= 0.6 is 11.3 Å². The van der Waals surface area contributed by atoms with Crippen LogP contribution in [0.15, 0.2) is 11.4 Å². The summed E-state index contributed by atoms with van der Waals surface area (Å²) >= 11 is 1.70. The van der Waals surface area contributed by atoms with Gasteiger partial charge in [-0.25, -0.2) is 0 Å². The number of rotatable bonds is 4. The largest absolute Gasteiger partial charge is 0.395 e. The van der Waals surface area contributed by atoms with Gasteiger partial charge in [-0.3, -0.25) is 0 Å². The van der Waals surface area contributed by atoms with Crippen molar-refractivity contribution in [3.8, 4) is 11.8 Å². The van der Waals surface area contributed by atoms with Gasteiger partial charge in [0, 0.05) is 22.2 Å². The summed E-state index contributed by atoms with van der Waals surface area (Å²) in [5.74, 6) is 5.97. The van der Waals surface area contributed by atoms with Gasteiger partial charge in [-0.2, -0.15) is 0 Å². The van der Waals surface area contributed by atoms with E-state index in [2.05, 4.69) is 23.3 Å². The second-order valence-electron chi connectivity index (χ2n) is 4.29. The quantitative estimate of drug-likeness (QED) is 0.833. The molecule has 0 spiro atoms. The molecule has 1 heterocycles. The summed E-state index contributed by atoms with van der Waals surface area (Å²) in [5.41, 5.74) is 1.04. The molecule has 1 fully saturated rings. The molecule has 2 rings (SSSR count). The van der Waals surface area contributed by atoms with Crippen LogP contribution in [-0.4, -0.2) is 17.8 Å². The Hall–Kier alpha value is -0.820. The lowest BCUT2D eigenvalue weighted by Gasteiger charge is -2.08. The second-order valence-corrected chi connectivity index (χ2v) is 5.29. The highest BCUT2D eigenvalue weighted by Crippen LogP contribution is 2.23. The van der Waals surface area contributed by atoms with Crippen molar-refractivity contribution < 1.29 is 9.84 Å². The van der Waals surface area contributed by atoms with Gasteiger partial charge in [-0.15, -0.1) is 11.3 Å². The monoisotopic (exact) mass is 250 g/mol. The summed E-state index contributed by atoms with van der Waals surface area (Å²) < 4.78 is 5.85. The van der Waals surface area contributed by atoms with Gasteiger partial charge in [0.05, 0.1) is 19.3 Å². The minimum atomic E-state index is 0.134. The van der Waals surface area contributed by atoms with Crippen LogP contribution in [0, 0.1) is 11.8 Å². The van der Waals surface area contributed by atoms with E-state index in [9.17, 15) is 0 Å². The van der Waals surface area contributed by atoms with Crippen LogP contribution in [-0.2, 0) is 11.3 Å². The number of aliphatic hydroxyl groups is 1. The zero-order valence-corrected chi connectivity index (χ0v) is 10.8. The third-order valence-electron chi connectivity index (χ3n) is 2.89. The molecule has 0 radical (unpaired) electrons. The minimum absolute atomic E-state index is 0.134. The fourth-order valence-electron chi connectivity index (χ4n) is 2.00. The maximum absolute atomic E-state index is 8.64. The molecule has 1 saturated carbocycles. The second kappa shape index (κ2) is 6.80. The van der Waals surface area contributed by atoms with E-state index < -0.39 is 0 Å². The predicted molar refractivity (Wildman–Crippen MR) is 69.9 cm³/mol. The van der Waals surface area contributed by atoms with Gasteiger partial charge < -0.3 is 9.84 Å². The first-order valence-corrected chi connectivity index (χ1v) is 7.05. The van der Waals surface area contributed by atoms with Gasteiger partial charge in [0.1, 0.15) is 0 Å². The molecular formula is C14H18O2S. The lowest BCUT2D eigenvalue weighted by Crippen LogP contribution is -2.06. The molecule has 1 aliphatic rings. The molecular weight excluding hydrogens is 232 g/mol. The molecule has 17 heavy (non-hydrogen) atoms. The Kier molecular flexibility index (Phi) is 5.06. The zero-order chi connectivity index (χ0) is 11.9. The van der Waals surface area contributed by atoms with Crippen molar-refractivity contribution in [1.29, 1.82) is 0 Å². The fraction of sp³-hybridized carbons (Fsp3) is 0.571. The number of hydrogen-bond donors (Lipinski definition) is 1. The topological polar surface area (TPSA) is 29.5 Å². The normalized spacial score (nSPS) is 15.8. The Bertz CT molecular complexity index is 394. The minimum Gasteiger partial charge on any atom is -0.395 e. The van der Waals surface area contributed by atoms with Crippen molar-refractivity contribution in [2.45, 2.75) is 44.8 Å². The van der Waals surface area contributed by atoms with Crippen LogP contribution in [0.25, 0.3) is 0 Å². The summed E-state index contributed by atoms with van der Waals surface area (Å²) in [5, 5.41) is 10.7. The molecule has 92 valence electrons. The molecule has 0 saturated heterocycles. The van der Waals surface area contributed by atoms with Crippen molar-refractivity contribution in [2.75, 3.05) is 6.61 Å². The molecule has 3 heteroatoms. The molecule has 1 N–H and O–H groups in total. The van der Waals surface area contributed by atoms with E-state index in [-0.39, 0.29) is 6.61 Å². The summed E-state index contributed by atoms with van der Waals surface area (Å²) in [4.78, 5) is 1.24. The average Bonchev–Trinajstić information content (AvgIpc) is 2.98. The molecule has 1 aromatic heterocycles. The molecule has 0 amide bonds. The Morgan fingerprint density at radius 1 is 1.41 bits per heavy atom. The van der Waals surface area contributed by atoms with Gasteiger partial charge in [0.25, 0.3) is 0 Å². The first-order chi connectivity index (χ1) is 8.38. The summed E-state index contributed by atoms with van der Waals surface area (Å²) in [6.07, 6.45) is 6.08. The maximum atomic E-state index is 8.64. The van der Waals surface area contributed by atoms with Crippen molar-refractivity contribution in [3.05, 3.63) is 21.9 Å². The van der Waals surface area contributed by atoms with E-state index >= 15 is 0 Å². The van der Waals surface area contributed by atoms with Gasteiger partial charge >= 0.3 is 0 Å². The Labute approximate surface area is 107 Å². The molecule has 0 atom stereocenters. The Morgan fingerprint density at radius 3 is 3.00 bits per heavy atom. The van der Waals surface area contributed by atoms with E-state index in [0.29, 0.717) is 12.5 Å². The number of aliphatic hydroxyl groups excluding tert-OH is 1. The van der Waals surface area contributed by atoms with Crippen LogP contribution in [0.3, 0.4) is 0 Å². The third kappa shape index (κ3) is 4.16. The van der Waals surface area contributed by atoms with Crippen molar-refractivity contribution in [3.63, 3.8) is 0 Å². The van der Waals surface area contributed by atoms with E-state index in [4.69, 9.17) is 9.84 Å². The first-order valence-electron chi connectivity index (χ1n) is 6.17. The molecule has 0 aliphatic heterocycles. The summed E-state index contributed by atoms with van der Waals surface area (Å²) in [6.45, 7) is 0.853. The third-order valence-corrected chi connectivity index (χ3v) is 3.80. The highest BCUT2D eigenvalue weighted by molar-refractivity contribution is 7.10. The lowest BCUT2D eigenvalue weighted by atomic mass is 10.3. The number of ether oxygens (including phenoxy) is 1. The van der Waals surface area contributed by atoms with Gasteiger partial charge in [0.15, 0.2) is 0 Å². The standard InChI is InChI=1S/C14H18O2S/c15-8-4-3-5-12-9-14(17-11-12)10-16-13-6-1-2-7-13/h9,11,13,15H,1-2,4,6-8,10H2. The fourth-order valence-corrected chi connectivity index (χ4v) is 2.73. The maximum Gasteiger partial charge on any atom is 0.0813 e. The average molecular weight is 250 g/mol. The van der Waals surface area contributed by atoms with Crippen LogP contribution in [0.5, 0.6) is 0 Å². The van der Waals surface area contributed by atoms with Crippen LogP contribution in [0.4, 0.5) is 0 Å². The molecule has 1 aromatic rings. The molecule has 0 bridgehead atoms. The van der Waals surface area contributed by atoms with Crippen LogP contribution in [0.1, 0.15) is 42.5 Å². The molecule has 0 aromatic carbocycles. The molecule has 2 nitrogen and oxygen atoms in total. The Balaban J connectivity index is 1.79. The van der Waals surface area contributed by atoms with Gasteiger partial charge in [-0.05, 0) is 18.9 Å². The smallest absolute Gasteiger partial charge is 0.0813 e. The molecule has 0 unspecified atom stereocenters. The zero-order valence-electron chi connectivity index (χ0n) is 9.95. The van der Waals surface area contributed by atoms with Gasteiger partial charge in [-0.1, -0.05) is 24.7 Å². The Morgan fingerprint density at radius 2 is 2.24 bits per heavy atom. The van der Waals surface area contributed by atoms with Gasteiger partial charge in [0.2, 0.25) is 0 Å². The van der Waals surface area contributed by atoms with Crippen LogP contribution in [0.2, 0.25) is 0 Å². The van der Waals surface area contributed by atoms with E-state index in [1.54, 1.807) is 11.3 Å². The highest BCUT2D eigenvalue weighted by atomic mass is 32.1.